The van der Waals surface area contributed by atoms with Gasteiger partial charge in [-0.2, -0.15) is 0 Å². The van der Waals surface area contributed by atoms with Crippen LogP contribution in [0.25, 0.3) is 0 Å². The molecule has 2 fully saturated rings. The van der Waals surface area contributed by atoms with Gasteiger partial charge in [-0.15, -0.1) is 0 Å². The van der Waals surface area contributed by atoms with Crippen molar-refractivity contribution in [1.29, 1.82) is 0 Å². The van der Waals surface area contributed by atoms with E-state index in [0.29, 0.717) is 12.0 Å². The lowest BCUT2D eigenvalue weighted by atomic mass is 9.58. The largest absolute Gasteiger partial charge is 0.360 e. The first-order chi connectivity index (χ1) is 7.06. The van der Waals surface area contributed by atoms with Crippen LogP contribution in [0.4, 0.5) is 0 Å². The van der Waals surface area contributed by atoms with E-state index in [4.69, 9.17) is 7.85 Å². The molecule has 15 heavy (non-hydrogen) atoms. The lowest BCUT2D eigenvalue weighted by Gasteiger charge is -2.34. The third-order valence-corrected chi connectivity index (χ3v) is 4.34. The van der Waals surface area contributed by atoms with Crippen LogP contribution in [0.15, 0.2) is 4.99 Å². The van der Waals surface area contributed by atoms with Crippen LogP contribution in [-0.2, 0) is 0 Å². The molecule has 2 aliphatic rings. The second kappa shape index (κ2) is 3.84. The van der Waals surface area contributed by atoms with Gasteiger partial charge in [-0.25, -0.2) is 0 Å². The summed E-state index contributed by atoms with van der Waals surface area (Å²) in [4.78, 5) is 6.74. The maximum Gasteiger partial charge on any atom is 0.0988 e. The third-order valence-electron chi connectivity index (χ3n) is 4.34. The maximum absolute atomic E-state index is 6.46. The number of amidine groups is 1. The summed E-state index contributed by atoms with van der Waals surface area (Å²) in [5.41, 5.74) is 0. The van der Waals surface area contributed by atoms with Crippen molar-refractivity contribution in [2.45, 2.75) is 50.4 Å². The summed E-state index contributed by atoms with van der Waals surface area (Å²) in [6.07, 6.45) is 6.12. The maximum atomic E-state index is 6.46. The van der Waals surface area contributed by atoms with Crippen molar-refractivity contribution >= 4 is 13.7 Å². The van der Waals surface area contributed by atoms with Crippen LogP contribution < -0.4 is 0 Å². The molecule has 1 saturated carbocycles. The van der Waals surface area contributed by atoms with Crippen LogP contribution in [0.1, 0.15) is 39.0 Å². The molecule has 0 amide bonds. The highest BCUT2D eigenvalue weighted by atomic mass is 15.2. The van der Waals surface area contributed by atoms with Crippen molar-refractivity contribution in [3.05, 3.63) is 0 Å². The molecule has 2 nitrogen and oxygen atoms in total. The summed E-state index contributed by atoms with van der Waals surface area (Å²) in [6.45, 7) is 2.22. The van der Waals surface area contributed by atoms with E-state index < -0.39 is 0 Å². The molecule has 2 radical (unpaired) electrons. The second-order valence-corrected chi connectivity index (χ2v) is 5.38. The van der Waals surface area contributed by atoms with Gasteiger partial charge in [-0.1, -0.05) is 31.5 Å². The van der Waals surface area contributed by atoms with Gasteiger partial charge in [0.05, 0.1) is 13.7 Å². The molecule has 3 heteroatoms. The van der Waals surface area contributed by atoms with Gasteiger partial charge in [0, 0.05) is 26.6 Å². The predicted octanol–water partition coefficient (Wildman–Crippen LogP) is 2.26. The molecule has 0 aromatic rings. The van der Waals surface area contributed by atoms with E-state index in [1.165, 1.54) is 31.5 Å². The van der Waals surface area contributed by atoms with E-state index in [1.807, 2.05) is 7.05 Å². The molecule has 0 bridgehead atoms. The fourth-order valence-electron chi connectivity index (χ4n) is 3.30. The fourth-order valence-corrected chi connectivity index (χ4v) is 3.30. The monoisotopic (exact) mass is 204 g/mol. The van der Waals surface area contributed by atoms with E-state index in [2.05, 4.69) is 23.9 Å². The second-order valence-electron chi connectivity index (χ2n) is 5.38. The molecule has 0 N–H and O–H groups in total. The van der Waals surface area contributed by atoms with E-state index in [9.17, 15) is 0 Å². The van der Waals surface area contributed by atoms with Gasteiger partial charge in [0.15, 0.2) is 0 Å². The van der Waals surface area contributed by atoms with Crippen molar-refractivity contribution in [3.63, 3.8) is 0 Å². The van der Waals surface area contributed by atoms with Crippen LogP contribution in [0.2, 0.25) is 5.31 Å². The highest BCUT2D eigenvalue weighted by Gasteiger charge is 2.44. The Labute approximate surface area is 94.5 Å². The summed E-state index contributed by atoms with van der Waals surface area (Å²) in [5.74, 6) is 1.84. The molecule has 1 heterocycles. The minimum atomic E-state index is 0.00185. The average Bonchev–Trinajstić information content (AvgIpc) is 2.43. The first-order valence-electron chi connectivity index (χ1n) is 6.03. The van der Waals surface area contributed by atoms with Crippen LogP contribution in [-0.4, -0.2) is 38.7 Å². The number of rotatable bonds is 0. The number of fused-ring (bicyclic) bond motifs is 1. The minimum absolute atomic E-state index is 0.00185. The topological polar surface area (TPSA) is 15.6 Å². The molecule has 0 aromatic heterocycles. The number of nitrogens with zero attached hydrogens (tertiary/aromatic N) is 2. The lowest BCUT2D eigenvalue weighted by molar-refractivity contribution is 0.261. The van der Waals surface area contributed by atoms with Crippen LogP contribution >= 0.6 is 0 Å². The highest BCUT2D eigenvalue weighted by molar-refractivity contribution is 6.15. The lowest BCUT2D eigenvalue weighted by Crippen LogP contribution is -2.34. The summed E-state index contributed by atoms with van der Waals surface area (Å²) < 4.78 is 0. The zero-order valence-corrected chi connectivity index (χ0v) is 10.2. The zero-order valence-electron chi connectivity index (χ0n) is 10.2. The van der Waals surface area contributed by atoms with Crippen molar-refractivity contribution in [3.8, 4) is 0 Å². The molecule has 82 valence electrons. The Balaban J connectivity index is 2.26. The average molecular weight is 204 g/mol. The van der Waals surface area contributed by atoms with Gasteiger partial charge < -0.3 is 4.90 Å². The van der Waals surface area contributed by atoms with Crippen molar-refractivity contribution < 1.29 is 0 Å². The highest BCUT2D eigenvalue weighted by Crippen LogP contribution is 2.49. The molecule has 2 rings (SSSR count). The van der Waals surface area contributed by atoms with Crippen LogP contribution in [0.3, 0.4) is 0 Å². The molecule has 0 aromatic carbocycles. The third kappa shape index (κ3) is 1.81. The van der Waals surface area contributed by atoms with Gasteiger partial charge in [0.2, 0.25) is 0 Å². The SMILES string of the molecule is [B]C1(C)CCCCC2C1CC(=NC)N2C. The Morgan fingerprint density at radius 2 is 2.20 bits per heavy atom. The van der Waals surface area contributed by atoms with E-state index in [-0.39, 0.29) is 5.31 Å². The molecule has 1 saturated heterocycles. The molecular weight excluding hydrogens is 183 g/mol. The summed E-state index contributed by atoms with van der Waals surface area (Å²) in [7, 11) is 10.5. The molecule has 1 aliphatic carbocycles. The van der Waals surface area contributed by atoms with Gasteiger partial charge in [0.1, 0.15) is 0 Å². The van der Waals surface area contributed by atoms with Crippen molar-refractivity contribution in [2.75, 3.05) is 14.1 Å². The molecular formula is C12H21BN2. The van der Waals surface area contributed by atoms with Gasteiger partial charge in [-0.05, 0) is 12.3 Å². The Bertz CT molecular complexity index is 273. The quantitative estimate of drug-likeness (QED) is 0.552. The first-order valence-corrected chi connectivity index (χ1v) is 6.03. The Morgan fingerprint density at radius 1 is 1.47 bits per heavy atom. The smallest absolute Gasteiger partial charge is 0.0988 e. The van der Waals surface area contributed by atoms with Crippen LogP contribution in [0.5, 0.6) is 0 Å². The van der Waals surface area contributed by atoms with Gasteiger partial charge in [-0.3, -0.25) is 4.99 Å². The first kappa shape index (κ1) is 11.0. The Hall–Kier alpha value is -0.465. The normalized spacial score (nSPS) is 44.2. The Kier molecular flexibility index (Phi) is 2.82. The van der Waals surface area contributed by atoms with E-state index in [1.54, 1.807) is 0 Å². The number of aliphatic imine (C=N–C) groups is 1. The molecule has 3 unspecified atom stereocenters. The number of likely N-dealkylation sites (tertiary alicyclic amines) is 1. The minimum Gasteiger partial charge on any atom is -0.360 e. The molecule has 1 aliphatic heterocycles. The number of hydrogen-bond acceptors (Lipinski definition) is 1. The fraction of sp³-hybridized carbons (Fsp3) is 0.917. The standard InChI is InChI=1S/C12H21BN2/c1-12(13)7-5-4-6-10-9(12)8-11(14-2)15(10)3/h9-10H,4-8H2,1-3H3. The van der Waals surface area contributed by atoms with Gasteiger partial charge in [0.25, 0.3) is 0 Å². The van der Waals surface area contributed by atoms with Crippen LogP contribution in [0, 0.1) is 5.92 Å². The molecule has 0 spiro atoms. The van der Waals surface area contributed by atoms with E-state index >= 15 is 0 Å². The van der Waals surface area contributed by atoms with Crippen molar-refractivity contribution in [1.82, 2.24) is 4.90 Å². The Morgan fingerprint density at radius 3 is 2.87 bits per heavy atom. The zero-order chi connectivity index (χ0) is 11.1. The summed E-state index contributed by atoms with van der Waals surface area (Å²) >= 11 is 0. The van der Waals surface area contributed by atoms with Gasteiger partial charge >= 0.3 is 0 Å². The summed E-state index contributed by atoms with van der Waals surface area (Å²) in [5, 5.41) is 0.00185. The predicted molar refractivity (Wildman–Crippen MR) is 65.6 cm³/mol. The molecule has 3 atom stereocenters. The number of hydrogen-bond donors (Lipinski definition) is 0. The van der Waals surface area contributed by atoms with E-state index in [0.717, 1.165) is 6.42 Å². The summed E-state index contributed by atoms with van der Waals surface area (Å²) in [6, 6.07) is 0.626. The van der Waals surface area contributed by atoms with Crippen molar-refractivity contribution in [2.24, 2.45) is 10.9 Å².